The van der Waals surface area contributed by atoms with Gasteiger partial charge in [0.05, 0.1) is 5.69 Å². The van der Waals surface area contributed by atoms with E-state index in [0.29, 0.717) is 0 Å². The van der Waals surface area contributed by atoms with Crippen LogP contribution in [0.1, 0.15) is 38.3 Å². The minimum atomic E-state index is 0.205. The van der Waals surface area contributed by atoms with Crippen molar-refractivity contribution in [2.45, 2.75) is 39.5 Å². The lowest BCUT2D eigenvalue weighted by atomic mass is 9.80. The molecule has 0 spiro atoms. The first-order chi connectivity index (χ1) is 8.54. The van der Waals surface area contributed by atoms with Gasteiger partial charge in [0.1, 0.15) is 0 Å². The number of pyridine rings is 1. The summed E-state index contributed by atoms with van der Waals surface area (Å²) in [6, 6.07) is 12.6. The SMILES string of the molecule is CCC(C)(C)c1cc(-c2ccccc2)ncc1C. The number of aromatic nitrogens is 1. The Hall–Kier alpha value is -1.63. The van der Waals surface area contributed by atoms with Crippen LogP contribution in [0.2, 0.25) is 0 Å². The summed E-state index contributed by atoms with van der Waals surface area (Å²) in [5.74, 6) is 0. The summed E-state index contributed by atoms with van der Waals surface area (Å²) in [5, 5.41) is 0. The zero-order chi connectivity index (χ0) is 13.2. The second kappa shape index (κ2) is 4.93. The summed E-state index contributed by atoms with van der Waals surface area (Å²) >= 11 is 0. The number of hydrogen-bond donors (Lipinski definition) is 0. The lowest BCUT2D eigenvalue weighted by molar-refractivity contribution is 0.503. The molecule has 0 aliphatic carbocycles. The van der Waals surface area contributed by atoms with E-state index in [1.54, 1.807) is 0 Å². The molecular formula is C17H21N. The molecule has 1 heterocycles. The normalized spacial score (nSPS) is 11.6. The van der Waals surface area contributed by atoms with E-state index in [0.717, 1.165) is 12.1 Å². The Balaban J connectivity index is 2.51. The summed E-state index contributed by atoms with van der Waals surface area (Å²) in [6.45, 7) is 8.98. The average molecular weight is 239 g/mol. The molecule has 0 amide bonds. The van der Waals surface area contributed by atoms with Crippen LogP contribution in [0.15, 0.2) is 42.6 Å². The zero-order valence-corrected chi connectivity index (χ0v) is 11.7. The van der Waals surface area contributed by atoms with Crippen LogP contribution in [-0.4, -0.2) is 4.98 Å². The summed E-state index contributed by atoms with van der Waals surface area (Å²) in [6.07, 6.45) is 3.13. The molecule has 1 heteroatoms. The van der Waals surface area contributed by atoms with Gasteiger partial charge < -0.3 is 0 Å². The molecule has 1 aromatic heterocycles. The third-order valence-corrected chi connectivity index (χ3v) is 3.79. The summed E-state index contributed by atoms with van der Waals surface area (Å²) in [7, 11) is 0. The van der Waals surface area contributed by atoms with Gasteiger partial charge in [-0.05, 0) is 36.0 Å². The van der Waals surface area contributed by atoms with Crippen molar-refractivity contribution in [2.24, 2.45) is 0 Å². The lowest BCUT2D eigenvalue weighted by Gasteiger charge is -2.25. The molecule has 0 fully saturated rings. The Kier molecular flexibility index (Phi) is 3.51. The third-order valence-electron chi connectivity index (χ3n) is 3.79. The van der Waals surface area contributed by atoms with Gasteiger partial charge in [-0.1, -0.05) is 51.1 Å². The maximum absolute atomic E-state index is 4.56. The van der Waals surface area contributed by atoms with Crippen LogP contribution in [0, 0.1) is 6.92 Å². The Labute approximate surface area is 110 Å². The molecule has 1 nitrogen and oxygen atoms in total. The van der Waals surface area contributed by atoms with E-state index < -0.39 is 0 Å². The summed E-state index contributed by atoms with van der Waals surface area (Å²) < 4.78 is 0. The highest BCUT2D eigenvalue weighted by molar-refractivity contribution is 5.60. The first-order valence-electron chi connectivity index (χ1n) is 6.57. The average Bonchev–Trinajstić information content (AvgIpc) is 2.40. The molecule has 0 saturated heterocycles. The van der Waals surface area contributed by atoms with Gasteiger partial charge in [0.2, 0.25) is 0 Å². The predicted octanol–water partition coefficient (Wildman–Crippen LogP) is 4.74. The second-order valence-corrected chi connectivity index (χ2v) is 5.49. The molecule has 0 atom stereocenters. The van der Waals surface area contributed by atoms with Crippen LogP contribution >= 0.6 is 0 Å². The highest BCUT2D eigenvalue weighted by atomic mass is 14.7. The second-order valence-electron chi connectivity index (χ2n) is 5.49. The van der Waals surface area contributed by atoms with Crippen LogP contribution < -0.4 is 0 Å². The molecule has 0 unspecified atom stereocenters. The van der Waals surface area contributed by atoms with Gasteiger partial charge in [-0.25, -0.2) is 0 Å². The lowest BCUT2D eigenvalue weighted by Crippen LogP contribution is -2.17. The molecule has 0 aliphatic heterocycles. The third kappa shape index (κ3) is 2.45. The molecule has 18 heavy (non-hydrogen) atoms. The predicted molar refractivity (Wildman–Crippen MR) is 77.7 cm³/mol. The van der Waals surface area contributed by atoms with Gasteiger partial charge in [0, 0.05) is 11.8 Å². The maximum Gasteiger partial charge on any atom is 0.0705 e. The van der Waals surface area contributed by atoms with Gasteiger partial charge in [-0.3, -0.25) is 4.98 Å². The monoisotopic (exact) mass is 239 g/mol. The number of nitrogens with zero attached hydrogens (tertiary/aromatic N) is 1. The molecule has 2 rings (SSSR count). The van der Waals surface area contributed by atoms with Crippen molar-refractivity contribution in [2.75, 3.05) is 0 Å². The molecule has 0 bridgehead atoms. The minimum absolute atomic E-state index is 0.205. The van der Waals surface area contributed by atoms with E-state index in [1.807, 2.05) is 12.3 Å². The largest absolute Gasteiger partial charge is 0.256 e. The van der Waals surface area contributed by atoms with E-state index in [4.69, 9.17) is 0 Å². The first-order valence-corrected chi connectivity index (χ1v) is 6.57. The Morgan fingerprint density at radius 1 is 1.11 bits per heavy atom. The van der Waals surface area contributed by atoms with Crippen molar-refractivity contribution in [3.05, 3.63) is 53.7 Å². The van der Waals surface area contributed by atoms with Crippen LogP contribution in [0.4, 0.5) is 0 Å². The van der Waals surface area contributed by atoms with Crippen molar-refractivity contribution < 1.29 is 0 Å². The fourth-order valence-corrected chi connectivity index (χ4v) is 2.21. The fourth-order valence-electron chi connectivity index (χ4n) is 2.21. The highest BCUT2D eigenvalue weighted by Crippen LogP contribution is 2.31. The van der Waals surface area contributed by atoms with Crippen LogP contribution in [-0.2, 0) is 5.41 Å². The smallest absolute Gasteiger partial charge is 0.0705 e. The number of aryl methyl sites for hydroxylation is 1. The quantitative estimate of drug-likeness (QED) is 0.753. The standard InChI is InChI=1S/C17H21N/c1-5-17(3,4)15-11-16(18-12-13(15)2)14-9-7-6-8-10-14/h6-12H,5H2,1-4H3. The molecular weight excluding hydrogens is 218 g/mol. The Morgan fingerprint density at radius 2 is 1.78 bits per heavy atom. The number of hydrogen-bond acceptors (Lipinski definition) is 1. The molecule has 0 aliphatic rings. The molecule has 94 valence electrons. The van der Waals surface area contributed by atoms with Gasteiger partial charge >= 0.3 is 0 Å². The Bertz CT molecular complexity index is 527. The molecule has 1 aromatic carbocycles. The van der Waals surface area contributed by atoms with E-state index in [2.05, 4.69) is 63.0 Å². The van der Waals surface area contributed by atoms with Crippen LogP contribution in [0.5, 0.6) is 0 Å². The van der Waals surface area contributed by atoms with Gasteiger partial charge in [-0.15, -0.1) is 0 Å². The van der Waals surface area contributed by atoms with E-state index >= 15 is 0 Å². The number of benzene rings is 1. The molecule has 2 aromatic rings. The van der Waals surface area contributed by atoms with Gasteiger partial charge in [0.15, 0.2) is 0 Å². The maximum atomic E-state index is 4.56. The van der Waals surface area contributed by atoms with Gasteiger partial charge in [0.25, 0.3) is 0 Å². The Morgan fingerprint density at radius 3 is 2.39 bits per heavy atom. The highest BCUT2D eigenvalue weighted by Gasteiger charge is 2.21. The van der Waals surface area contributed by atoms with Crippen molar-refractivity contribution in [1.82, 2.24) is 4.98 Å². The van der Waals surface area contributed by atoms with Crippen LogP contribution in [0.3, 0.4) is 0 Å². The zero-order valence-electron chi connectivity index (χ0n) is 11.7. The van der Waals surface area contributed by atoms with Crippen molar-refractivity contribution in [3.63, 3.8) is 0 Å². The van der Waals surface area contributed by atoms with E-state index in [1.165, 1.54) is 16.7 Å². The van der Waals surface area contributed by atoms with Crippen molar-refractivity contribution in [1.29, 1.82) is 0 Å². The fraction of sp³-hybridized carbons (Fsp3) is 0.353. The summed E-state index contributed by atoms with van der Waals surface area (Å²) in [5.41, 5.74) is 5.14. The van der Waals surface area contributed by atoms with Gasteiger partial charge in [-0.2, -0.15) is 0 Å². The molecule has 0 saturated carbocycles. The van der Waals surface area contributed by atoms with Crippen molar-refractivity contribution >= 4 is 0 Å². The van der Waals surface area contributed by atoms with Crippen LogP contribution in [0.25, 0.3) is 11.3 Å². The van der Waals surface area contributed by atoms with Crippen molar-refractivity contribution in [3.8, 4) is 11.3 Å². The molecule has 0 N–H and O–H groups in total. The first kappa shape index (κ1) is 12.8. The number of rotatable bonds is 3. The van der Waals surface area contributed by atoms with E-state index in [-0.39, 0.29) is 5.41 Å². The summed E-state index contributed by atoms with van der Waals surface area (Å²) in [4.78, 5) is 4.56. The molecule has 0 radical (unpaired) electrons. The van der Waals surface area contributed by atoms with E-state index in [9.17, 15) is 0 Å². The minimum Gasteiger partial charge on any atom is -0.256 e. The topological polar surface area (TPSA) is 12.9 Å².